The molecule has 2 heteroatoms. The molecule has 0 aliphatic rings. The third-order valence-corrected chi connectivity index (χ3v) is 1.83. The average molecular weight is 216 g/mol. The largest absolute Gasteiger partial charge is 0.296 e. The molecule has 0 aliphatic carbocycles. The molecule has 0 heterocycles. The second-order valence-corrected chi connectivity index (χ2v) is 3.06. The van der Waals surface area contributed by atoms with Gasteiger partial charge in [0.1, 0.15) is 0 Å². The Morgan fingerprint density at radius 2 is 1.12 bits per heavy atom. The molecule has 0 spiro atoms. The normalized spacial score (nSPS) is 15.2. The van der Waals surface area contributed by atoms with Gasteiger partial charge in [0.25, 0.3) is 0 Å². The second-order valence-electron chi connectivity index (χ2n) is 3.06. The minimum absolute atomic E-state index is 1.12. The van der Waals surface area contributed by atoms with Crippen LogP contribution in [0.15, 0.2) is 57.6 Å². The Balaban J connectivity index is 5.25. The van der Waals surface area contributed by atoms with E-state index in [4.69, 9.17) is 0 Å². The SMILES string of the molecule is C\C=C/C(=C/C=NC)C(/C=C\C)=C\C=NC. The highest BCUT2D eigenvalue weighted by atomic mass is 14.6. The van der Waals surface area contributed by atoms with Crippen molar-refractivity contribution in [2.75, 3.05) is 14.1 Å². The van der Waals surface area contributed by atoms with Gasteiger partial charge in [-0.25, -0.2) is 0 Å². The molecule has 0 bridgehead atoms. The van der Waals surface area contributed by atoms with E-state index in [0.29, 0.717) is 0 Å². The quantitative estimate of drug-likeness (QED) is 0.497. The fourth-order valence-electron chi connectivity index (χ4n) is 1.16. The first-order valence-electron chi connectivity index (χ1n) is 5.30. The predicted octanol–water partition coefficient (Wildman–Crippen LogP) is 3.39. The van der Waals surface area contributed by atoms with Crippen molar-refractivity contribution >= 4 is 12.4 Å². The van der Waals surface area contributed by atoms with E-state index in [-0.39, 0.29) is 0 Å². The molecule has 0 aromatic rings. The van der Waals surface area contributed by atoms with E-state index in [9.17, 15) is 0 Å². The van der Waals surface area contributed by atoms with Gasteiger partial charge in [-0.05, 0) is 37.1 Å². The van der Waals surface area contributed by atoms with Crippen LogP contribution in [0.3, 0.4) is 0 Å². The van der Waals surface area contributed by atoms with E-state index < -0.39 is 0 Å². The van der Waals surface area contributed by atoms with Crippen molar-refractivity contribution in [2.45, 2.75) is 13.8 Å². The monoisotopic (exact) mass is 216 g/mol. The molecule has 0 atom stereocenters. The molecule has 0 radical (unpaired) electrons. The number of allylic oxidation sites excluding steroid dienone is 8. The molecule has 2 nitrogen and oxygen atoms in total. The van der Waals surface area contributed by atoms with Crippen LogP contribution in [0.25, 0.3) is 0 Å². The molecular weight excluding hydrogens is 196 g/mol. The first kappa shape index (κ1) is 14.3. The van der Waals surface area contributed by atoms with Gasteiger partial charge in [0.05, 0.1) is 0 Å². The summed E-state index contributed by atoms with van der Waals surface area (Å²) in [5.41, 5.74) is 2.23. The van der Waals surface area contributed by atoms with Gasteiger partial charge in [-0.1, -0.05) is 24.3 Å². The summed E-state index contributed by atoms with van der Waals surface area (Å²) in [5, 5.41) is 0. The predicted molar refractivity (Wildman–Crippen MR) is 74.6 cm³/mol. The molecule has 0 aromatic carbocycles. The van der Waals surface area contributed by atoms with Crippen LogP contribution in [-0.2, 0) is 0 Å². The summed E-state index contributed by atoms with van der Waals surface area (Å²) in [6.45, 7) is 4.00. The number of hydrogen-bond donors (Lipinski definition) is 0. The van der Waals surface area contributed by atoms with Crippen LogP contribution in [0.5, 0.6) is 0 Å². The van der Waals surface area contributed by atoms with Crippen LogP contribution in [0.2, 0.25) is 0 Å². The molecule has 16 heavy (non-hydrogen) atoms. The van der Waals surface area contributed by atoms with Crippen molar-refractivity contribution < 1.29 is 0 Å². The van der Waals surface area contributed by atoms with Crippen LogP contribution in [0.4, 0.5) is 0 Å². The van der Waals surface area contributed by atoms with Gasteiger partial charge < -0.3 is 0 Å². The van der Waals surface area contributed by atoms with E-state index in [0.717, 1.165) is 11.1 Å². The van der Waals surface area contributed by atoms with E-state index in [1.807, 2.05) is 38.2 Å². The minimum atomic E-state index is 1.12. The maximum absolute atomic E-state index is 3.96. The lowest BCUT2D eigenvalue weighted by Gasteiger charge is -2.01. The summed E-state index contributed by atoms with van der Waals surface area (Å²) in [6, 6.07) is 0. The Bertz CT molecular complexity index is 317. The zero-order valence-electron chi connectivity index (χ0n) is 10.5. The molecule has 0 fully saturated rings. The van der Waals surface area contributed by atoms with Crippen LogP contribution >= 0.6 is 0 Å². The molecule has 86 valence electrons. The van der Waals surface area contributed by atoms with E-state index in [2.05, 4.69) is 22.1 Å². The van der Waals surface area contributed by atoms with Crippen LogP contribution in [0, 0.1) is 0 Å². The summed E-state index contributed by atoms with van der Waals surface area (Å²) in [7, 11) is 3.52. The lowest BCUT2D eigenvalue weighted by molar-refractivity contribution is 1.45. The maximum atomic E-state index is 3.96. The van der Waals surface area contributed by atoms with Gasteiger partial charge in [0.2, 0.25) is 0 Å². The molecular formula is C14H20N2. The highest BCUT2D eigenvalue weighted by molar-refractivity contribution is 5.79. The van der Waals surface area contributed by atoms with Crippen LogP contribution in [-0.4, -0.2) is 26.5 Å². The van der Waals surface area contributed by atoms with Gasteiger partial charge in [-0.3, -0.25) is 9.98 Å². The molecule has 0 rings (SSSR count). The highest BCUT2D eigenvalue weighted by Crippen LogP contribution is 2.12. The third-order valence-electron chi connectivity index (χ3n) is 1.83. The minimum Gasteiger partial charge on any atom is -0.296 e. The zero-order chi connectivity index (χ0) is 12.2. The van der Waals surface area contributed by atoms with Gasteiger partial charge in [0.15, 0.2) is 0 Å². The summed E-state index contributed by atoms with van der Waals surface area (Å²) < 4.78 is 0. The molecule has 0 unspecified atom stereocenters. The fraction of sp³-hybridized carbons (Fsp3) is 0.286. The van der Waals surface area contributed by atoms with Crippen LogP contribution in [0.1, 0.15) is 13.8 Å². The van der Waals surface area contributed by atoms with Crippen molar-refractivity contribution in [1.29, 1.82) is 0 Å². The van der Waals surface area contributed by atoms with Gasteiger partial charge in [-0.15, -0.1) is 0 Å². The Labute approximate surface area is 98.5 Å². The highest BCUT2D eigenvalue weighted by Gasteiger charge is 1.95. The average Bonchev–Trinajstić information content (AvgIpc) is 2.30. The van der Waals surface area contributed by atoms with Gasteiger partial charge in [0, 0.05) is 26.5 Å². The smallest absolute Gasteiger partial charge is 0.0277 e. The molecule has 0 saturated carbocycles. The summed E-state index contributed by atoms with van der Waals surface area (Å²) in [5.74, 6) is 0. The Morgan fingerprint density at radius 1 is 0.750 bits per heavy atom. The fourth-order valence-corrected chi connectivity index (χ4v) is 1.16. The standard InChI is InChI=1S/C14H20N2/c1-5-7-13(9-11-15-3)14(8-6-2)10-12-16-4/h5-12H,1-4H3/b7-5-,8-6-,13-9-,14-10-,15-11?,16-12?. The number of nitrogens with zero attached hydrogens (tertiary/aromatic N) is 2. The van der Waals surface area contributed by atoms with Crippen molar-refractivity contribution in [3.8, 4) is 0 Å². The maximum Gasteiger partial charge on any atom is 0.0277 e. The Hall–Kier alpha value is -1.70. The van der Waals surface area contributed by atoms with Gasteiger partial charge >= 0.3 is 0 Å². The Morgan fingerprint density at radius 3 is 1.38 bits per heavy atom. The van der Waals surface area contributed by atoms with Crippen molar-refractivity contribution in [3.05, 3.63) is 47.6 Å². The summed E-state index contributed by atoms with van der Waals surface area (Å²) >= 11 is 0. The summed E-state index contributed by atoms with van der Waals surface area (Å²) in [4.78, 5) is 7.92. The lowest BCUT2D eigenvalue weighted by Crippen LogP contribution is -1.86. The van der Waals surface area contributed by atoms with Crippen molar-refractivity contribution in [3.63, 3.8) is 0 Å². The molecule has 0 N–H and O–H groups in total. The number of rotatable bonds is 5. The second kappa shape index (κ2) is 9.84. The lowest BCUT2D eigenvalue weighted by atomic mass is 10.0. The van der Waals surface area contributed by atoms with E-state index >= 15 is 0 Å². The van der Waals surface area contributed by atoms with Crippen LogP contribution < -0.4 is 0 Å². The summed E-state index contributed by atoms with van der Waals surface area (Å²) in [6.07, 6.45) is 15.7. The Kier molecular flexibility index (Phi) is 8.79. The topological polar surface area (TPSA) is 24.7 Å². The van der Waals surface area contributed by atoms with Crippen molar-refractivity contribution in [1.82, 2.24) is 0 Å². The molecule has 0 aromatic heterocycles. The molecule has 0 amide bonds. The zero-order valence-corrected chi connectivity index (χ0v) is 10.5. The third kappa shape index (κ3) is 5.91. The first-order chi connectivity index (χ1) is 7.79. The van der Waals surface area contributed by atoms with Crippen molar-refractivity contribution in [2.24, 2.45) is 9.98 Å². The number of hydrogen-bond acceptors (Lipinski definition) is 2. The van der Waals surface area contributed by atoms with E-state index in [1.54, 1.807) is 26.5 Å². The first-order valence-corrected chi connectivity index (χ1v) is 5.30. The van der Waals surface area contributed by atoms with Gasteiger partial charge in [-0.2, -0.15) is 0 Å². The molecule has 0 saturated heterocycles. The number of aliphatic imine (C=N–C) groups is 2. The molecule has 0 aliphatic heterocycles. The van der Waals surface area contributed by atoms with E-state index in [1.165, 1.54) is 0 Å².